The Labute approximate surface area is 115 Å². The number of benzene rings is 2. The number of rotatable bonds is 1. The molecule has 0 heterocycles. The first kappa shape index (κ1) is 13.6. The summed E-state index contributed by atoms with van der Waals surface area (Å²) in [4.78, 5) is 0. The van der Waals surface area contributed by atoms with Crippen LogP contribution in [-0.2, 0) is 0 Å². The molecule has 0 aromatic heterocycles. The van der Waals surface area contributed by atoms with Gasteiger partial charge in [-0.3, -0.25) is 0 Å². The summed E-state index contributed by atoms with van der Waals surface area (Å²) < 4.78 is 14.1. The van der Waals surface area contributed by atoms with Crippen LogP contribution in [0.4, 0.5) is 4.39 Å². The molecule has 0 spiro atoms. The van der Waals surface area contributed by atoms with Gasteiger partial charge < -0.3 is 0 Å². The van der Waals surface area contributed by atoms with Crippen molar-refractivity contribution in [2.75, 3.05) is 0 Å². The quantitative estimate of drug-likeness (QED) is 0.518. The van der Waals surface area contributed by atoms with E-state index in [4.69, 9.17) is 0 Å². The van der Waals surface area contributed by atoms with E-state index in [1.165, 1.54) is 6.07 Å². The third-order valence-corrected chi connectivity index (χ3v) is 3.51. The highest BCUT2D eigenvalue weighted by Crippen LogP contribution is 2.23. The number of hydrogen-bond donors (Lipinski definition) is 0. The minimum atomic E-state index is -1.42. The second kappa shape index (κ2) is 5.42. The van der Waals surface area contributed by atoms with Crippen LogP contribution in [0.3, 0.4) is 0 Å². The summed E-state index contributed by atoms with van der Waals surface area (Å²) in [6.07, 6.45) is 0. The van der Waals surface area contributed by atoms with Gasteiger partial charge in [-0.15, -0.1) is 5.54 Å². The maximum Gasteiger partial charge on any atom is 0.132 e. The molecular weight excluding hydrogens is 251 g/mol. The monoisotopic (exact) mass is 268 g/mol. The second-order valence-corrected chi connectivity index (χ2v) is 10.3. The van der Waals surface area contributed by atoms with Gasteiger partial charge in [0.15, 0.2) is 0 Å². The summed E-state index contributed by atoms with van der Waals surface area (Å²) in [5.41, 5.74) is 5.51. The zero-order chi connectivity index (χ0) is 13.9. The van der Waals surface area contributed by atoms with Crippen molar-refractivity contribution >= 4 is 8.07 Å². The van der Waals surface area contributed by atoms with Crippen LogP contribution in [0.5, 0.6) is 0 Å². The van der Waals surface area contributed by atoms with Crippen LogP contribution in [0.1, 0.15) is 5.56 Å². The zero-order valence-corrected chi connectivity index (χ0v) is 12.5. The van der Waals surface area contributed by atoms with Gasteiger partial charge in [-0.2, -0.15) is 0 Å². The molecule has 19 heavy (non-hydrogen) atoms. The van der Waals surface area contributed by atoms with E-state index in [-0.39, 0.29) is 5.82 Å². The standard InChI is InChI=1S/C17H17FSi/c1-19(2,3)12-11-14-9-10-16(17(18)13-14)15-7-5-4-6-8-15/h4-10,13H,1-3H3. The van der Waals surface area contributed by atoms with Crippen LogP contribution >= 0.6 is 0 Å². The fourth-order valence-electron chi connectivity index (χ4n) is 1.70. The highest BCUT2D eigenvalue weighted by molar-refractivity contribution is 6.83. The second-order valence-electron chi connectivity index (χ2n) is 5.56. The van der Waals surface area contributed by atoms with Crippen molar-refractivity contribution < 1.29 is 4.39 Å². The molecular formula is C17H17FSi. The molecule has 0 bridgehead atoms. The molecule has 96 valence electrons. The van der Waals surface area contributed by atoms with Crippen molar-refractivity contribution in [1.29, 1.82) is 0 Å². The Kier molecular flexibility index (Phi) is 3.87. The van der Waals surface area contributed by atoms with E-state index in [0.29, 0.717) is 5.56 Å². The average molecular weight is 268 g/mol. The summed E-state index contributed by atoms with van der Waals surface area (Å²) in [7, 11) is -1.42. The fraction of sp³-hybridized carbons (Fsp3) is 0.176. The summed E-state index contributed by atoms with van der Waals surface area (Å²) in [5.74, 6) is 2.86. The minimum absolute atomic E-state index is 0.214. The Balaban J connectivity index is 2.35. The molecule has 0 radical (unpaired) electrons. The SMILES string of the molecule is C[Si](C)(C)C#Cc1ccc(-c2ccccc2)c(F)c1. The molecule has 0 aliphatic rings. The van der Waals surface area contributed by atoms with Crippen molar-refractivity contribution in [2.45, 2.75) is 19.6 Å². The van der Waals surface area contributed by atoms with E-state index in [0.717, 1.165) is 11.1 Å². The van der Waals surface area contributed by atoms with Crippen molar-refractivity contribution in [1.82, 2.24) is 0 Å². The third-order valence-electron chi connectivity index (χ3n) is 2.64. The lowest BCUT2D eigenvalue weighted by atomic mass is 10.0. The van der Waals surface area contributed by atoms with Gasteiger partial charge in [0.05, 0.1) is 0 Å². The van der Waals surface area contributed by atoms with E-state index in [2.05, 4.69) is 31.1 Å². The molecule has 0 saturated carbocycles. The first-order valence-corrected chi connectivity index (χ1v) is 9.84. The predicted octanol–water partition coefficient (Wildman–Crippen LogP) is 4.72. The summed E-state index contributed by atoms with van der Waals surface area (Å²) >= 11 is 0. The first-order valence-electron chi connectivity index (χ1n) is 6.34. The van der Waals surface area contributed by atoms with Crippen LogP contribution in [0.2, 0.25) is 19.6 Å². The molecule has 2 heteroatoms. The van der Waals surface area contributed by atoms with Gasteiger partial charge in [-0.1, -0.05) is 62.0 Å². The van der Waals surface area contributed by atoms with Gasteiger partial charge in [0.1, 0.15) is 13.9 Å². The van der Waals surface area contributed by atoms with E-state index in [9.17, 15) is 4.39 Å². The maximum atomic E-state index is 14.1. The molecule has 0 saturated heterocycles. The Morgan fingerprint density at radius 2 is 1.63 bits per heavy atom. The van der Waals surface area contributed by atoms with E-state index in [1.54, 1.807) is 6.07 Å². The first-order chi connectivity index (χ1) is 8.96. The smallest absolute Gasteiger partial charge is 0.132 e. The minimum Gasteiger partial charge on any atom is -0.206 e. The van der Waals surface area contributed by atoms with Gasteiger partial charge in [0.2, 0.25) is 0 Å². The van der Waals surface area contributed by atoms with Crippen LogP contribution < -0.4 is 0 Å². The predicted molar refractivity (Wildman–Crippen MR) is 82.1 cm³/mol. The molecule has 2 aromatic rings. The van der Waals surface area contributed by atoms with Crippen molar-refractivity contribution in [3.05, 3.63) is 59.9 Å². The lowest BCUT2D eigenvalue weighted by Crippen LogP contribution is -2.16. The van der Waals surface area contributed by atoms with Gasteiger partial charge in [-0.05, 0) is 17.7 Å². The largest absolute Gasteiger partial charge is 0.206 e. The molecule has 0 aliphatic heterocycles. The maximum absolute atomic E-state index is 14.1. The molecule has 0 atom stereocenters. The van der Waals surface area contributed by atoms with E-state index < -0.39 is 8.07 Å². The lowest BCUT2D eigenvalue weighted by Gasteiger charge is -2.05. The zero-order valence-electron chi connectivity index (χ0n) is 11.5. The van der Waals surface area contributed by atoms with Crippen molar-refractivity contribution in [3.63, 3.8) is 0 Å². The van der Waals surface area contributed by atoms with E-state index in [1.807, 2.05) is 36.4 Å². The van der Waals surface area contributed by atoms with Crippen LogP contribution in [0.15, 0.2) is 48.5 Å². The molecule has 0 nitrogen and oxygen atoms in total. The molecule has 0 amide bonds. The summed E-state index contributed by atoms with van der Waals surface area (Å²) in [6, 6.07) is 14.8. The average Bonchev–Trinajstić information content (AvgIpc) is 2.37. The highest BCUT2D eigenvalue weighted by atomic mass is 28.3. The summed E-state index contributed by atoms with van der Waals surface area (Å²) in [6.45, 7) is 6.53. The summed E-state index contributed by atoms with van der Waals surface area (Å²) in [5, 5.41) is 0. The van der Waals surface area contributed by atoms with E-state index >= 15 is 0 Å². The lowest BCUT2D eigenvalue weighted by molar-refractivity contribution is 0.631. The normalized spacial score (nSPS) is 10.7. The van der Waals surface area contributed by atoms with Crippen LogP contribution in [0, 0.1) is 17.3 Å². The molecule has 2 rings (SSSR count). The molecule has 0 fully saturated rings. The van der Waals surface area contributed by atoms with Gasteiger partial charge >= 0.3 is 0 Å². The Bertz CT molecular complexity index is 628. The topological polar surface area (TPSA) is 0 Å². The van der Waals surface area contributed by atoms with Crippen LogP contribution in [0.25, 0.3) is 11.1 Å². The Morgan fingerprint density at radius 3 is 2.21 bits per heavy atom. The van der Waals surface area contributed by atoms with Crippen LogP contribution in [-0.4, -0.2) is 8.07 Å². The number of halogens is 1. The van der Waals surface area contributed by atoms with Gasteiger partial charge in [-0.25, -0.2) is 4.39 Å². The van der Waals surface area contributed by atoms with Crippen molar-refractivity contribution in [2.24, 2.45) is 0 Å². The highest BCUT2D eigenvalue weighted by Gasteiger charge is 2.08. The molecule has 2 aromatic carbocycles. The molecule has 0 unspecified atom stereocenters. The molecule has 0 N–H and O–H groups in total. The fourth-order valence-corrected chi connectivity index (χ4v) is 2.22. The van der Waals surface area contributed by atoms with Crippen molar-refractivity contribution in [3.8, 4) is 22.6 Å². The third kappa shape index (κ3) is 3.80. The Morgan fingerprint density at radius 1 is 0.947 bits per heavy atom. The van der Waals surface area contributed by atoms with Gasteiger partial charge in [0.25, 0.3) is 0 Å². The van der Waals surface area contributed by atoms with Gasteiger partial charge in [0, 0.05) is 11.1 Å². The number of hydrogen-bond acceptors (Lipinski definition) is 0. The molecule has 0 aliphatic carbocycles. The Hall–Kier alpha value is -1.85.